The Labute approximate surface area is 117 Å². The van der Waals surface area contributed by atoms with Gasteiger partial charge in [0.15, 0.2) is 0 Å². The number of piperazine rings is 1. The maximum Gasteiger partial charge on any atom is 0.324 e. The number of esters is 1. The van der Waals surface area contributed by atoms with Crippen LogP contribution in [0.25, 0.3) is 0 Å². The van der Waals surface area contributed by atoms with Crippen LogP contribution in [-0.4, -0.2) is 74.2 Å². The number of nitrogens with zero attached hydrogens (tertiary/aromatic N) is 2. The van der Waals surface area contributed by atoms with E-state index >= 15 is 0 Å². The predicted molar refractivity (Wildman–Crippen MR) is 77.3 cm³/mol. The number of likely N-dealkylation sites (N-methyl/N-ethyl adjacent to an activating group) is 1. The Morgan fingerprint density at radius 2 is 1.79 bits per heavy atom. The molecule has 1 unspecified atom stereocenters. The zero-order chi connectivity index (χ0) is 14.1. The van der Waals surface area contributed by atoms with E-state index in [9.17, 15) is 4.79 Å². The summed E-state index contributed by atoms with van der Waals surface area (Å²) in [5.74, 6) is -0.117. The Balaban J connectivity index is 2.41. The monoisotopic (exact) mass is 271 g/mol. The third-order valence-corrected chi connectivity index (χ3v) is 3.56. The minimum absolute atomic E-state index is 0.117. The fourth-order valence-corrected chi connectivity index (χ4v) is 2.33. The molecule has 0 aromatic rings. The molecule has 0 bridgehead atoms. The van der Waals surface area contributed by atoms with Crippen LogP contribution in [-0.2, 0) is 9.53 Å². The highest BCUT2D eigenvalue weighted by Crippen LogP contribution is 2.03. The number of nitrogens with one attached hydrogen (secondary N) is 1. The van der Waals surface area contributed by atoms with E-state index in [1.54, 1.807) is 0 Å². The van der Waals surface area contributed by atoms with Crippen LogP contribution in [0.3, 0.4) is 0 Å². The van der Waals surface area contributed by atoms with E-state index in [4.69, 9.17) is 4.74 Å². The van der Waals surface area contributed by atoms with Crippen LogP contribution in [0.4, 0.5) is 0 Å². The first kappa shape index (κ1) is 16.4. The third kappa shape index (κ3) is 5.89. The van der Waals surface area contributed by atoms with Gasteiger partial charge in [-0.3, -0.25) is 9.69 Å². The standard InChI is InChI=1S/C14H29N3O2/c1-4-7-15-13(14(18)19-6-3)12-17-10-8-16(5-2)9-11-17/h13,15H,4-12H2,1-3H3. The van der Waals surface area contributed by atoms with E-state index in [1.165, 1.54) is 0 Å². The van der Waals surface area contributed by atoms with Gasteiger partial charge in [0.2, 0.25) is 0 Å². The topological polar surface area (TPSA) is 44.8 Å². The van der Waals surface area contributed by atoms with Gasteiger partial charge >= 0.3 is 5.97 Å². The zero-order valence-corrected chi connectivity index (χ0v) is 12.7. The van der Waals surface area contributed by atoms with Crippen LogP contribution in [0.5, 0.6) is 0 Å². The Morgan fingerprint density at radius 3 is 2.32 bits per heavy atom. The lowest BCUT2D eigenvalue weighted by molar-refractivity contribution is -0.146. The van der Waals surface area contributed by atoms with E-state index in [0.29, 0.717) is 6.61 Å². The molecule has 1 saturated heterocycles. The molecule has 1 fully saturated rings. The molecule has 1 rings (SSSR count). The predicted octanol–water partition coefficient (Wildman–Crippen LogP) is 0.555. The van der Waals surface area contributed by atoms with Crippen molar-refractivity contribution >= 4 is 5.97 Å². The number of carbonyl (C=O) groups is 1. The third-order valence-electron chi connectivity index (χ3n) is 3.56. The van der Waals surface area contributed by atoms with Gasteiger partial charge in [0.1, 0.15) is 6.04 Å². The van der Waals surface area contributed by atoms with E-state index in [0.717, 1.165) is 52.2 Å². The zero-order valence-electron chi connectivity index (χ0n) is 12.7. The lowest BCUT2D eigenvalue weighted by atomic mass is 10.2. The molecule has 0 aromatic heterocycles. The number of ether oxygens (including phenoxy) is 1. The van der Waals surface area contributed by atoms with Crippen molar-refractivity contribution in [1.29, 1.82) is 0 Å². The first-order valence-electron chi connectivity index (χ1n) is 7.55. The molecule has 0 aliphatic carbocycles. The summed E-state index contributed by atoms with van der Waals surface area (Å²) in [5.41, 5.74) is 0. The molecule has 0 radical (unpaired) electrons. The van der Waals surface area contributed by atoms with E-state index < -0.39 is 0 Å². The molecule has 0 aromatic carbocycles. The average molecular weight is 271 g/mol. The Bertz CT molecular complexity index is 253. The Kier molecular flexibility index (Phi) is 8.02. The summed E-state index contributed by atoms with van der Waals surface area (Å²) < 4.78 is 5.15. The normalized spacial score (nSPS) is 19.3. The molecular formula is C14H29N3O2. The number of carbonyl (C=O) groups excluding carboxylic acids is 1. The summed E-state index contributed by atoms with van der Waals surface area (Å²) in [5, 5.41) is 3.30. The van der Waals surface area contributed by atoms with Crippen molar-refractivity contribution in [3.05, 3.63) is 0 Å². The second-order valence-corrected chi connectivity index (χ2v) is 4.99. The van der Waals surface area contributed by atoms with Crippen LogP contribution in [0.1, 0.15) is 27.2 Å². The van der Waals surface area contributed by atoms with E-state index in [-0.39, 0.29) is 12.0 Å². The molecule has 5 heteroatoms. The summed E-state index contributed by atoms with van der Waals surface area (Å²) in [6.45, 7) is 13.6. The molecule has 1 aliphatic rings. The lowest BCUT2D eigenvalue weighted by Gasteiger charge is -2.35. The molecule has 1 N–H and O–H groups in total. The van der Waals surface area contributed by atoms with E-state index in [1.807, 2.05) is 6.92 Å². The molecule has 5 nitrogen and oxygen atoms in total. The fraction of sp³-hybridized carbons (Fsp3) is 0.929. The molecule has 0 saturated carbocycles. The highest BCUT2D eigenvalue weighted by molar-refractivity contribution is 5.76. The summed E-state index contributed by atoms with van der Waals surface area (Å²) in [7, 11) is 0. The van der Waals surface area contributed by atoms with Crippen LogP contribution < -0.4 is 5.32 Å². The van der Waals surface area contributed by atoms with Gasteiger partial charge < -0.3 is 15.0 Å². The van der Waals surface area contributed by atoms with Crippen LogP contribution in [0, 0.1) is 0 Å². The smallest absolute Gasteiger partial charge is 0.324 e. The quantitative estimate of drug-likeness (QED) is 0.653. The van der Waals surface area contributed by atoms with Crippen molar-refractivity contribution in [3.63, 3.8) is 0 Å². The second kappa shape index (κ2) is 9.28. The maximum atomic E-state index is 11.9. The molecule has 0 amide bonds. The van der Waals surface area contributed by atoms with Crippen molar-refractivity contribution in [2.75, 3.05) is 52.4 Å². The first-order valence-corrected chi connectivity index (χ1v) is 7.55. The van der Waals surface area contributed by atoms with Crippen LogP contribution >= 0.6 is 0 Å². The van der Waals surface area contributed by atoms with E-state index in [2.05, 4.69) is 29.0 Å². The maximum absolute atomic E-state index is 11.9. The van der Waals surface area contributed by atoms with Gasteiger partial charge in [-0.2, -0.15) is 0 Å². The van der Waals surface area contributed by atoms with Crippen molar-refractivity contribution < 1.29 is 9.53 Å². The Morgan fingerprint density at radius 1 is 1.16 bits per heavy atom. The van der Waals surface area contributed by atoms with Crippen molar-refractivity contribution in [3.8, 4) is 0 Å². The largest absolute Gasteiger partial charge is 0.465 e. The molecule has 19 heavy (non-hydrogen) atoms. The molecule has 1 heterocycles. The SMILES string of the molecule is CCCNC(CN1CCN(CC)CC1)C(=O)OCC. The van der Waals surface area contributed by atoms with Crippen molar-refractivity contribution in [1.82, 2.24) is 15.1 Å². The molecular weight excluding hydrogens is 242 g/mol. The van der Waals surface area contributed by atoms with Gasteiger partial charge in [0.05, 0.1) is 6.61 Å². The fourth-order valence-electron chi connectivity index (χ4n) is 2.33. The summed E-state index contributed by atoms with van der Waals surface area (Å²) in [4.78, 5) is 16.7. The number of hydrogen-bond donors (Lipinski definition) is 1. The van der Waals surface area contributed by atoms with Gasteiger partial charge in [-0.05, 0) is 26.4 Å². The first-order chi connectivity index (χ1) is 9.21. The van der Waals surface area contributed by atoms with Gasteiger partial charge in [0.25, 0.3) is 0 Å². The summed E-state index contributed by atoms with van der Waals surface area (Å²) >= 11 is 0. The van der Waals surface area contributed by atoms with Crippen molar-refractivity contribution in [2.45, 2.75) is 33.2 Å². The van der Waals surface area contributed by atoms with Crippen molar-refractivity contribution in [2.24, 2.45) is 0 Å². The van der Waals surface area contributed by atoms with Gasteiger partial charge in [-0.15, -0.1) is 0 Å². The van der Waals surface area contributed by atoms with Gasteiger partial charge in [0, 0.05) is 32.7 Å². The minimum Gasteiger partial charge on any atom is -0.465 e. The van der Waals surface area contributed by atoms with Crippen LogP contribution in [0.2, 0.25) is 0 Å². The molecule has 1 aliphatic heterocycles. The molecule has 1 atom stereocenters. The summed E-state index contributed by atoms with van der Waals surface area (Å²) in [6, 6.07) is -0.187. The Hall–Kier alpha value is -0.650. The summed E-state index contributed by atoms with van der Waals surface area (Å²) in [6.07, 6.45) is 1.03. The van der Waals surface area contributed by atoms with Crippen LogP contribution in [0.15, 0.2) is 0 Å². The van der Waals surface area contributed by atoms with Gasteiger partial charge in [-0.1, -0.05) is 13.8 Å². The highest BCUT2D eigenvalue weighted by Gasteiger charge is 2.24. The number of hydrogen-bond acceptors (Lipinski definition) is 5. The van der Waals surface area contributed by atoms with Gasteiger partial charge in [-0.25, -0.2) is 0 Å². The molecule has 112 valence electrons. The lowest BCUT2D eigenvalue weighted by Crippen LogP contribution is -2.53. The highest BCUT2D eigenvalue weighted by atomic mass is 16.5. The number of rotatable bonds is 8. The average Bonchev–Trinajstić information content (AvgIpc) is 2.44. The second-order valence-electron chi connectivity index (χ2n) is 4.99. The minimum atomic E-state index is -0.187. The molecule has 0 spiro atoms.